The standard InChI is InChI=1S/C22H27NO7S/c1-21(2,3)20(27)30-12-29-19(26)15-22(4,5)31-17-14(16(24)23(15)17)18(25)28-11-13-9-7-6-8-10-13/h6-10,14-15,17H,11-12H2,1-5H3/t14?,15-,17+/m0/s1. The van der Waals surface area contributed by atoms with Gasteiger partial charge in [-0.3, -0.25) is 14.4 Å². The second-order valence-electron chi connectivity index (χ2n) is 9.09. The van der Waals surface area contributed by atoms with E-state index in [0.29, 0.717) is 0 Å². The maximum absolute atomic E-state index is 12.7. The van der Waals surface area contributed by atoms with Gasteiger partial charge in [-0.2, -0.15) is 0 Å². The van der Waals surface area contributed by atoms with Crippen molar-refractivity contribution < 1.29 is 33.4 Å². The van der Waals surface area contributed by atoms with Crippen LogP contribution in [0.4, 0.5) is 0 Å². The fourth-order valence-electron chi connectivity index (χ4n) is 3.47. The van der Waals surface area contributed by atoms with E-state index in [9.17, 15) is 19.2 Å². The van der Waals surface area contributed by atoms with Crippen molar-refractivity contribution in [2.45, 2.75) is 57.4 Å². The predicted molar refractivity (Wildman–Crippen MR) is 112 cm³/mol. The third-order valence-electron chi connectivity index (χ3n) is 5.15. The van der Waals surface area contributed by atoms with Crippen LogP contribution in [-0.2, 0) is 40.0 Å². The molecule has 31 heavy (non-hydrogen) atoms. The van der Waals surface area contributed by atoms with Crippen molar-refractivity contribution in [1.29, 1.82) is 0 Å². The molecule has 0 spiro atoms. The van der Waals surface area contributed by atoms with E-state index in [4.69, 9.17) is 14.2 Å². The number of carbonyl (C=O) groups excluding carboxylic acids is 4. The van der Waals surface area contributed by atoms with E-state index in [0.717, 1.165) is 5.56 Å². The fourth-order valence-corrected chi connectivity index (χ4v) is 5.13. The average molecular weight is 450 g/mol. The summed E-state index contributed by atoms with van der Waals surface area (Å²) in [6.45, 7) is 8.23. The Kier molecular flexibility index (Phi) is 6.36. The molecule has 0 aromatic heterocycles. The Balaban J connectivity index is 1.59. The van der Waals surface area contributed by atoms with E-state index in [1.165, 1.54) is 16.7 Å². The van der Waals surface area contributed by atoms with Gasteiger partial charge in [-0.15, -0.1) is 11.8 Å². The van der Waals surface area contributed by atoms with Crippen molar-refractivity contribution in [3.05, 3.63) is 35.9 Å². The third kappa shape index (κ3) is 4.71. The second kappa shape index (κ2) is 8.53. The van der Waals surface area contributed by atoms with Crippen LogP contribution in [0.2, 0.25) is 0 Å². The highest BCUT2D eigenvalue weighted by atomic mass is 32.2. The molecule has 0 bridgehead atoms. The van der Waals surface area contributed by atoms with E-state index in [-0.39, 0.29) is 6.61 Å². The number of rotatable bonds is 6. The van der Waals surface area contributed by atoms with Crippen LogP contribution >= 0.6 is 11.8 Å². The van der Waals surface area contributed by atoms with E-state index < -0.39 is 58.1 Å². The van der Waals surface area contributed by atoms with Crippen molar-refractivity contribution >= 4 is 35.6 Å². The van der Waals surface area contributed by atoms with Crippen LogP contribution in [0.15, 0.2) is 30.3 Å². The number of hydrogen-bond acceptors (Lipinski definition) is 8. The first-order valence-corrected chi connectivity index (χ1v) is 10.9. The first kappa shape index (κ1) is 23.1. The molecule has 8 nitrogen and oxygen atoms in total. The zero-order valence-corrected chi connectivity index (χ0v) is 19.1. The Morgan fingerprint density at radius 3 is 2.29 bits per heavy atom. The van der Waals surface area contributed by atoms with Gasteiger partial charge in [0.1, 0.15) is 18.0 Å². The normalized spacial score (nSPS) is 24.1. The Bertz CT molecular complexity index is 878. The summed E-state index contributed by atoms with van der Waals surface area (Å²) in [5.41, 5.74) is 0.103. The van der Waals surface area contributed by atoms with Crippen molar-refractivity contribution in [3.63, 3.8) is 0 Å². The van der Waals surface area contributed by atoms with E-state index in [2.05, 4.69) is 0 Å². The van der Waals surface area contributed by atoms with Gasteiger partial charge in [-0.05, 0) is 40.2 Å². The Hall–Kier alpha value is -2.55. The van der Waals surface area contributed by atoms with E-state index in [1.807, 2.05) is 44.2 Å². The highest BCUT2D eigenvalue weighted by Crippen LogP contribution is 2.53. The molecule has 0 aliphatic carbocycles. The summed E-state index contributed by atoms with van der Waals surface area (Å²) >= 11 is 1.36. The molecule has 1 unspecified atom stereocenters. The number of ether oxygens (including phenoxy) is 3. The van der Waals surface area contributed by atoms with E-state index in [1.54, 1.807) is 20.8 Å². The SMILES string of the molecule is CC(C)(C)C(=O)OCOC(=O)[C@@H]1N2C(=O)C(C(=O)OCc3ccccc3)[C@H]2SC1(C)C. The van der Waals surface area contributed by atoms with Crippen molar-refractivity contribution in [1.82, 2.24) is 4.90 Å². The summed E-state index contributed by atoms with van der Waals surface area (Å²) in [5, 5.41) is -0.500. The Labute approximate surface area is 185 Å². The highest BCUT2D eigenvalue weighted by Gasteiger charge is 2.66. The monoisotopic (exact) mass is 449 g/mol. The van der Waals surface area contributed by atoms with Gasteiger partial charge in [-0.1, -0.05) is 30.3 Å². The van der Waals surface area contributed by atoms with Gasteiger partial charge in [0.05, 0.1) is 5.41 Å². The van der Waals surface area contributed by atoms with Crippen LogP contribution in [0.3, 0.4) is 0 Å². The van der Waals surface area contributed by atoms with Crippen LogP contribution in [0, 0.1) is 11.3 Å². The zero-order valence-electron chi connectivity index (χ0n) is 18.2. The van der Waals surface area contributed by atoms with Crippen LogP contribution in [0.1, 0.15) is 40.2 Å². The molecule has 2 heterocycles. The fraction of sp³-hybridized carbons (Fsp3) is 0.545. The molecule has 0 N–H and O–H groups in total. The maximum Gasteiger partial charge on any atom is 0.333 e. The summed E-state index contributed by atoms with van der Waals surface area (Å²) in [6, 6.07) is 8.30. The summed E-state index contributed by atoms with van der Waals surface area (Å²) in [6.07, 6.45) is 0. The molecule has 0 radical (unpaired) electrons. The summed E-state index contributed by atoms with van der Waals surface area (Å²) in [7, 11) is 0. The van der Waals surface area contributed by atoms with Crippen LogP contribution in [0.25, 0.3) is 0 Å². The molecule has 3 rings (SSSR count). The zero-order chi connectivity index (χ0) is 23.0. The van der Waals surface area contributed by atoms with Crippen LogP contribution < -0.4 is 0 Å². The minimum absolute atomic E-state index is 0.0782. The summed E-state index contributed by atoms with van der Waals surface area (Å²) < 4.78 is 14.7. The van der Waals surface area contributed by atoms with Gasteiger partial charge >= 0.3 is 17.9 Å². The second-order valence-corrected chi connectivity index (χ2v) is 10.9. The molecule has 9 heteroatoms. The van der Waals surface area contributed by atoms with Gasteiger partial charge in [0.15, 0.2) is 5.92 Å². The Morgan fingerprint density at radius 1 is 1.03 bits per heavy atom. The number of nitrogens with zero attached hydrogens (tertiary/aromatic N) is 1. The first-order chi connectivity index (χ1) is 14.4. The van der Waals surface area contributed by atoms with Gasteiger partial charge in [-0.25, -0.2) is 4.79 Å². The summed E-state index contributed by atoms with van der Waals surface area (Å²) in [5.74, 6) is -3.20. The molecule has 1 aromatic carbocycles. The average Bonchev–Trinajstić information content (AvgIpc) is 2.93. The number of β-lactam (4-membered cyclic amide) rings is 1. The molecule has 1 aromatic rings. The predicted octanol–water partition coefficient (Wildman–Crippen LogP) is 2.50. The molecule has 2 saturated heterocycles. The van der Waals surface area contributed by atoms with Crippen molar-refractivity contribution in [2.75, 3.05) is 6.79 Å². The van der Waals surface area contributed by atoms with Crippen molar-refractivity contribution in [3.8, 4) is 0 Å². The number of amides is 1. The number of thioether (sulfide) groups is 1. The lowest BCUT2D eigenvalue weighted by atomic mass is 9.92. The van der Waals surface area contributed by atoms with Gasteiger partial charge in [0, 0.05) is 4.75 Å². The van der Waals surface area contributed by atoms with Crippen molar-refractivity contribution in [2.24, 2.45) is 11.3 Å². The maximum atomic E-state index is 12.7. The lowest BCUT2D eigenvalue weighted by Crippen LogP contribution is -2.65. The third-order valence-corrected chi connectivity index (χ3v) is 6.72. The largest absolute Gasteiger partial charge is 0.460 e. The minimum atomic E-state index is -0.954. The molecule has 2 aliphatic heterocycles. The number of hydrogen-bond donors (Lipinski definition) is 0. The number of benzene rings is 1. The lowest BCUT2D eigenvalue weighted by Gasteiger charge is -2.42. The van der Waals surface area contributed by atoms with Crippen LogP contribution in [-0.4, -0.2) is 51.7 Å². The van der Waals surface area contributed by atoms with Gasteiger partial charge in [0.2, 0.25) is 12.7 Å². The van der Waals surface area contributed by atoms with Crippen LogP contribution in [0.5, 0.6) is 0 Å². The number of fused-ring (bicyclic) bond motifs is 1. The van der Waals surface area contributed by atoms with Gasteiger partial charge < -0.3 is 19.1 Å². The molecule has 0 saturated carbocycles. The summed E-state index contributed by atoms with van der Waals surface area (Å²) in [4.78, 5) is 51.1. The molecule has 1 amide bonds. The Morgan fingerprint density at radius 2 is 1.68 bits per heavy atom. The number of esters is 3. The molecule has 2 aliphatic rings. The molecule has 3 atom stereocenters. The molecular formula is C22H27NO7S. The lowest BCUT2D eigenvalue weighted by molar-refractivity contribution is -0.184. The highest BCUT2D eigenvalue weighted by molar-refractivity contribution is 8.01. The quantitative estimate of drug-likeness (QED) is 0.283. The smallest absolute Gasteiger partial charge is 0.333 e. The molecular weight excluding hydrogens is 422 g/mol. The topological polar surface area (TPSA) is 99.2 Å². The first-order valence-electron chi connectivity index (χ1n) is 9.98. The molecule has 168 valence electrons. The minimum Gasteiger partial charge on any atom is -0.460 e. The number of carbonyl (C=O) groups is 4. The van der Waals surface area contributed by atoms with E-state index >= 15 is 0 Å². The molecule has 2 fully saturated rings. The van der Waals surface area contributed by atoms with Gasteiger partial charge in [0.25, 0.3) is 0 Å².